The summed E-state index contributed by atoms with van der Waals surface area (Å²) in [6, 6.07) is 4.63. The molecule has 1 aliphatic rings. The van der Waals surface area contributed by atoms with E-state index in [1.54, 1.807) is 6.07 Å². The van der Waals surface area contributed by atoms with Gasteiger partial charge >= 0.3 is 0 Å². The van der Waals surface area contributed by atoms with E-state index in [4.69, 9.17) is 9.47 Å². The van der Waals surface area contributed by atoms with Crippen LogP contribution < -0.4 is 14.4 Å². The van der Waals surface area contributed by atoms with Crippen LogP contribution in [0.5, 0.6) is 11.5 Å². The van der Waals surface area contributed by atoms with Crippen LogP contribution in [0.3, 0.4) is 0 Å². The van der Waals surface area contributed by atoms with Crippen LogP contribution in [0.15, 0.2) is 18.2 Å². The van der Waals surface area contributed by atoms with E-state index in [0.29, 0.717) is 11.5 Å². The van der Waals surface area contributed by atoms with Crippen LogP contribution in [0.25, 0.3) is 0 Å². The molecule has 2 aromatic carbocycles. The van der Waals surface area contributed by atoms with Crippen molar-refractivity contribution in [2.24, 2.45) is 0 Å². The molecule has 1 amide bonds. The van der Waals surface area contributed by atoms with Gasteiger partial charge in [0, 0.05) is 37.8 Å². The molecule has 0 atom stereocenters. The predicted octanol–water partition coefficient (Wildman–Crippen LogP) is 3.36. The molecule has 1 heterocycles. The Morgan fingerprint density at radius 3 is 1.66 bits per heavy atom. The molecule has 1 fully saturated rings. The fourth-order valence-electron chi connectivity index (χ4n) is 3.12. The van der Waals surface area contributed by atoms with Gasteiger partial charge in [0.1, 0.15) is 17.2 Å². The quantitative estimate of drug-likeness (QED) is 0.436. The van der Waals surface area contributed by atoms with Crippen molar-refractivity contribution in [3.63, 3.8) is 0 Å². The average molecular weight is 416 g/mol. The van der Waals surface area contributed by atoms with Gasteiger partial charge in [-0.05, 0) is 12.1 Å². The monoisotopic (exact) mass is 416 g/mol. The number of carbonyl (C=O) groups excluding carboxylic acids is 1. The zero-order valence-corrected chi connectivity index (χ0v) is 15.6. The number of nitrogens with zero attached hydrogens (tertiary/aromatic N) is 2. The van der Waals surface area contributed by atoms with E-state index in [0.717, 1.165) is 4.90 Å². The molecule has 1 saturated heterocycles. The first-order chi connectivity index (χ1) is 13.8. The second-order valence-electron chi connectivity index (χ2n) is 6.30. The summed E-state index contributed by atoms with van der Waals surface area (Å²) in [5.41, 5.74) is -0.706. The lowest BCUT2D eigenvalue weighted by molar-refractivity contribution is 0.0745. The van der Waals surface area contributed by atoms with Crippen molar-refractivity contribution < 1.29 is 36.2 Å². The van der Waals surface area contributed by atoms with Crippen LogP contribution in [-0.4, -0.2) is 51.2 Å². The van der Waals surface area contributed by atoms with Crippen molar-refractivity contribution in [3.8, 4) is 11.5 Å². The molecule has 0 N–H and O–H groups in total. The molecule has 0 aliphatic carbocycles. The van der Waals surface area contributed by atoms with Gasteiger partial charge in [-0.15, -0.1) is 0 Å². The fourth-order valence-corrected chi connectivity index (χ4v) is 3.12. The molecular weight excluding hydrogens is 399 g/mol. The van der Waals surface area contributed by atoms with Gasteiger partial charge in [0.15, 0.2) is 23.3 Å². The van der Waals surface area contributed by atoms with Crippen LogP contribution in [0, 0.1) is 29.1 Å². The molecule has 0 bridgehead atoms. The summed E-state index contributed by atoms with van der Waals surface area (Å²) in [7, 11) is 2.87. The van der Waals surface area contributed by atoms with Crippen LogP contribution in [0.4, 0.5) is 27.6 Å². The lowest BCUT2D eigenvalue weighted by Crippen LogP contribution is -2.49. The Kier molecular flexibility index (Phi) is 5.81. The molecule has 0 radical (unpaired) electrons. The minimum Gasteiger partial charge on any atom is -0.497 e. The molecule has 0 saturated carbocycles. The summed E-state index contributed by atoms with van der Waals surface area (Å²) in [6.45, 7) is -0.161. The molecule has 0 unspecified atom stereocenters. The molecule has 10 heteroatoms. The Labute approximate surface area is 163 Å². The Hall–Kier alpha value is -3.04. The Morgan fingerprint density at radius 2 is 1.21 bits per heavy atom. The first-order valence-electron chi connectivity index (χ1n) is 8.57. The molecule has 5 nitrogen and oxygen atoms in total. The van der Waals surface area contributed by atoms with Gasteiger partial charge in [-0.1, -0.05) is 0 Å². The van der Waals surface area contributed by atoms with E-state index in [1.165, 1.54) is 31.3 Å². The molecule has 1 aliphatic heterocycles. The van der Waals surface area contributed by atoms with E-state index in [2.05, 4.69) is 0 Å². The number of rotatable bonds is 4. The number of benzene rings is 2. The minimum atomic E-state index is -2.20. The van der Waals surface area contributed by atoms with Gasteiger partial charge in [-0.3, -0.25) is 4.79 Å². The summed E-state index contributed by atoms with van der Waals surface area (Å²) in [6.07, 6.45) is 0. The van der Waals surface area contributed by atoms with Crippen LogP contribution in [0.1, 0.15) is 10.4 Å². The van der Waals surface area contributed by atoms with Crippen LogP contribution in [-0.2, 0) is 0 Å². The Bertz CT molecular complexity index is 895. The number of halogens is 5. The van der Waals surface area contributed by atoms with Crippen molar-refractivity contribution in [1.29, 1.82) is 0 Å². The maximum Gasteiger partial charge on any atom is 0.254 e. The summed E-state index contributed by atoms with van der Waals surface area (Å²) >= 11 is 0. The summed E-state index contributed by atoms with van der Waals surface area (Å²) in [5, 5.41) is 0. The molecule has 29 heavy (non-hydrogen) atoms. The third-order valence-electron chi connectivity index (χ3n) is 4.67. The lowest BCUT2D eigenvalue weighted by Gasteiger charge is -2.36. The number of carbonyl (C=O) groups is 1. The van der Waals surface area contributed by atoms with E-state index in [9.17, 15) is 26.7 Å². The average Bonchev–Trinajstić information content (AvgIpc) is 2.76. The lowest BCUT2D eigenvalue weighted by atomic mass is 10.1. The van der Waals surface area contributed by atoms with Gasteiger partial charge in [0.25, 0.3) is 5.91 Å². The van der Waals surface area contributed by atoms with Crippen molar-refractivity contribution in [1.82, 2.24) is 4.90 Å². The fraction of sp³-hybridized carbons (Fsp3) is 0.316. The first-order valence-corrected chi connectivity index (χ1v) is 8.57. The van der Waals surface area contributed by atoms with E-state index >= 15 is 0 Å². The van der Waals surface area contributed by atoms with Gasteiger partial charge in [0.2, 0.25) is 5.82 Å². The number of methoxy groups -OCH3 is 2. The predicted molar refractivity (Wildman–Crippen MR) is 93.9 cm³/mol. The molecule has 2 aromatic rings. The van der Waals surface area contributed by atoms with Gasteiger partial charge < -0.3 is 19.3 Å². The number of hydrogen-bond donors (Lipinski definition) is 0. The van der Waals surface area contributed by atoms with Crippen molar-refractivity contribution in [3.05, 3.63) is 52.8 Å². The van der Waals surface area contributed by atoms with Gasteiger partial charge in [-0.2, -0.15) is 0 Å². The highest BCUT2D eigenvalue weighted by molar-refractivity contribution is 5.95. The Balaban J connectivity index is 1.79. The summed E-state index contributed by atoms with van der Waals surface area (Å²) < 4.78 is 78.4. The number of ether oxygens (including phenoxy) is 2. The Morgan fingerprint density at radius 1 is 0.759 bits per heavy atom. The second kappa shape index (κ2) is 8.14. The highest BCUT2D eigenvalue weighted by Gasteiger charge is 2.31. The topological polar surface area (TPSA) is 42.0 Å². The van der Waals surface area contributed by atoms with Gasteiger partial charge in [-0.25, -0.2) is 22.0 Å². The van der Waals surface area contributed by atoms with Crippen LogP contribution in [0.2, 0.25) is 0 Å². The van der Waals surface area contributed by atoms with Crippen molar-refractivity contribution in [2.75, 3.05) is 45.3 Å². The number of anilines is 1. The second-order valence-corrected chi connectivity index (χ2v) is 6.30. The standard InChI is InChI=1S/C19H17F5N2O3/c1-28-11-7-10(8-12(9-11)29-2)19(27)26-5-3-25(4-6-26)18-16(23)14(21)13(20)15(22)17(18)24/h7-9H,3-6H2,1-2H3. The number of piperazine rings is 1. The normalized spacial score (nSPS) is 14.2. The molecule has 0 aromatic heterocycles. The summed E-state index contributed by atoms with van der Waals surface area (Å²) in [5.74, 6) is -9.54. The summed E-state index contributed by atoms with van der Waals surface area (Å²) in [4.78, 5) is 15.2. The molecule has 156 valence electrons. The molecular formula is C19H17F5N2O3. The number of hydrogen-bond acceptors (Lipinski definition) is 4. The zero-order valence-electron chi connectivity index (χ0n) is 15.6. The zero-order chi connectivity index (χ0) is 21.3. The maximum absolute atomic E-state index is 14.0. The number of amides is 1. The molecule has 0 spiro atoms. The maximum atomic E-state index is 14.0. The minimum absolute atomic E-state index is 0.0256. The first kappa shape index (κ1) is 20.7. The van der Waals surface area contributed by atoms with E-state index < -0.39 is 34.8 Å². The highest BCUT2D eigenvalue weighted by atomic mass is 19.2. The van der Waals surface area contributed by atoms with Crippen molar-refractivity contribution >= 4 is 11.6 Å². The largest absolute Gasteiger partial charge is 0.497 e. The molecule has 3 rings (SSSR count). The highest BCUT2D eigenvalue weighted by Crippen LogP contribution is 2.31. The third-order valence-corrected chi connectivity index (χ3v) is 4.67. The van der Waals surface area contributed by atoms with Crippen molar-refractivity contribution in [2.45, 2.75) is 0 Å². The van der Waals surface area contributed by atoms with Gasteiger partial charge in [0.05, 0.1) is 14.2 Å². The third kappa shape index (κ3) is 3.79. The smallest absolute Gasteiger partial charge is 0.254 e. The van der Waals surface area contributed by atoms with E-state index in [1.807, 2.05) is 0 Å². The van der Waals surface area contributed by atoms with Crippen LogP contribution >= 0.6 is 0 Å². The van der Waals surface area contributed by atoms with E-state index in [-0.39, 0.29) is 37.6 Å². The SMILES string of the molecule is COc1cc(OC)cc(C(=O)N2CCN(c3c(F)c(F)c(F)c(F)c3F)CC2)c1.